The topological polar surface area (TPSA) is 47.6 Å². The Labute approximate surface area is 303 Å². The molecule has 2 nitrogen and oxygen atoms in total. The summed E-state index contributed by atoms with van der Waals surface area (Å²) in [6.45, 7) is 9.85. The molecule has 0 unspecified atom stereocenters. The molecule has 0 spiro atoms. The Balaban J connectivity index is 0. The zero-order valence-electron chi connectivity index (χ0n) is 26.1. The summed E-state index contributed by atoms with van der Waals surface area (Å²) in [5.74, 6) is 0. The Morgan fingerprint density at radius 1 is 0.523 bits per heavy atom. The van der Waals surface area contributed by atoms with Crippen molar-refractivity contribution in [3.05, 3.63) is 166 Å². The van der Waals surface area contributed by atoms with Gasteiger partial charge in [0.05, 0.1) is 0 Å². The largest absolute Gasteiger partial charge is 1.00 e. The van der Waals surface area contributed by atoms with E-state index < -0.39 is 0 Å². The summed E-state index contributed by atoms with van der Waals surface area (Å²) < 4.78 is 0. The number of allylic oxidation sites excluding steroid dienone is 2. The molecule has 0 saturated heterocycles. The summed E-state index contributed by atoms with van der Waals surface area (Å²) in [7, 11) is 0. The summed E-state index contributed by atoms with van der Waals surface area (Å²) in [4.78, 5) is 0. The molecule has 0 aromatic heterocycles. The van der Waals surface area contributed by atoms with Crippen LogP contribution in [0.1, 0.15) is 33.4 Å². The predicted molar refractivity (Wildman–Crippen MR) is 180 cm³/mol. The van der Waals surface area contributed by atoms with Crippen LogP contribution in [0.4, 0.5) is 0 Å². The van der Waals surface area contributed by atoms with E-state index in [1.54, 1.807) is 0 Å². The number of halogens is 2. The zero-order valence-corrected chi connectivity index (χ0v) is 32.8. The summed E-state index contributed by atoms with van der Waals surface area (Å²) in [5, 5.41) is 0. The fraction of sp³-hybridized carbons (Fsp3) is 0.222. The predicted octanol–water partition coefficient (Wildman–Crippen LogP) is 4.17. The molecular formula is C36H42Cl2N2Si2Ti2-2. The first kappa shape index (κ1) is 44.8. The van der Waals surface area contributed by atoms with Gasteiger partial charge in [-0.05, 0) is 0 Å². The van der Waals surface area contributed by atoms with Crippen LogP contribution in [0.25, 0.3) is 23.6 Å². The molecule has 0 bridgehead atoms. The van der Waals surface area contributed by atoms with Crippen LogP contribution in [0.5, 0.6) is 0 Å². The molecule has 2 aliphatic carbocycles. The van der Waals surface area contributed by atoms with Crippen molar-refractivity contribution in [2.45, 2.75) is 52.1 Å². The Morgan fingerprint density at radius 2 is 0.795 bits per heavy atom. The number of nitrogens with one attached hydrogen (secondary N) is 2. The third kappa shape index (κ3) is 23.1. The first-order chi connectivity index (χ1) is 20.3. The molecule has 0 radical (unpaired) electrons. The van der Waals surface area contributed by atoms with Gasteiger partial charge in [-0.25, -0.2) is 12.2 Å². The van der Waals surface area contributed by atoms with E-state index in [-0.39, 0.29) is 37.2 Å². The van der Waals surface area contributed by atoms with E-state index in [1.165, 1.54) is 22.3 Å². The summed E-state index contributed by atoms with van der Waals surface area (Å²) in [6.07, 6.45) is 12.7. The fourth-order valence-corrected chi connectivity index (χ4v) is 3.41. The van der Waals surface area contributed by atoms with Crippen molar-refractivity contribution < 1.29 is 63.2 Å². The van der Waals surface area contributed by atoms with Gasteiger partial charge in [0.2, 0.25) is 0 Å². The average Bonchev–Trinajstić information content (AvgIpc) is 3.68. The fourth-order valence-electron chi connectivity index (χ4n) is 3.41. The number of hydrogen-bond acceptors (Lipinski definition) is 0. The van der Waals surface area contributed by atoms with Crippen LogP contribution in [-0.2, 0) is 64.3 Å². The summed E-state index contributed by atoms with van der Waals surface area (Å²) >= 11 is 4.54. The van der Waals surface area contributed by atoms with Gasteiger partial charge in [0.15, 0.2) is 0 Å². The second kappa shape index (κ2) is 29.1. The maximum absolute atomic E-state index is 6.94. The average molecular weight is 726 g/mol. The SMILES string of the molecule is C[Si](C)=[Ti+2].C[Si](C)=[Ti+2].[C-]1=Cc2ccccc2C1.[C-]1=Cc2ccccc2C1.[Cl-].[Cl-].[NH-]Cc1ccccc1.[NH-]Cc1ccccc1. The molecule has 0 amide bonds. The van der Waals surface area contributed by atoms with Gasteiger partial charge >= 0.3 is 76.9 Å². The number of fused-ring (bicyclic) bond motifs is 2. The van der Waals surface area contributed by atoms with E-state index in [0.717, 1.165) is 24.0 Å². The second-order valence-corrected chi connectivity index (χ2v) is 23.1. The minimum atomic E-state index is 0. The molecule has 6 rings (SSSR count). The normalized spacial score (nSPS) is 10.2. The van der Waals surface area contributed by atoms with E-state index in [1.807, 2.05) is 60.7 Å². The summed E-state index contributed by atoms with van der Waals surface area (Å²) in [6, 6.07) is 36.3. The smallest absolute Gasteiger partial charge is 0.0608 e. The van der Waals surface area contributed by atoms with Crippen LogP contribution in [-0.4, -0.2) is 12.4 Å². The van der Waals surface area contributed by atoms with Gasteiger partial charge in [-0.15, -0.1) is 49.2 Å². The third-order valence-corrected chi connectivity index (χ3v) is 5.30. The molecule has 4 aromatic rings. The maximum atomic E-state index is 6.94. The van der Waals surface area contributed by atoms with Gasteiger partial charge in [0.1, 0.15) is 0 Å². The molecular weight excluding hydrogens is 683 g/mol. The van der Waals surface area contributed by atoms with Crippen molar-refractivity contribution in [1.29, 1.82) is 0 Å². The van der Waals surface area contributed by atoms with Crippen molar-refractivity contribution in [3.8, 4) is 0 Å². The Hall–Kier alpha value is -1.28. The van der Waals surface area contributed by atoms with Crippen molar-refractivity contribution in [3.63, 3.8) is 0 Å². The molecule has 8 heteroatoms. The van der Waals surface area contributed by atoms with Crippen LogP contribution in [0.3, 0.4) is 0 Å². The molecule has 0 saturated carbocycles. The maximum Gasteiger partial charge on any atom is -0.0608 e. The molecule has 2 aliphatic rings. The van der Waals surface area contributed by atoms with Crippen molar-refractivity contribution in [1.82, 2.24) is 0 Å². The monoisotopic (exact) mass is 724 g/mol. The van der Waals surface area contributed by atoms with Crippen LogP contribution >= 0.6 is 0 Å². The molecule has 0 heterocycles. The third-order valence-electron chi connectivity index (χ3n) is 5.30. The van der Waals surface area contributed by atoms with Gasteiger partial charge in [-0.3, -0.25) is 12.2 Å². The molecule has 4 aromatic carbocycles. The van der Waals surface area contributed by atoms with E-state index in [4.69, 9.17) is 11.5 Å². The van der Waals surface area contributed by atoms with Crippen molar-refractivity contribution >= 4 is 24.5 Å². The van der Waals surface area contributed by atoms with E-state index >= 15 is 0 Å². The standard InChI is InChI=1S/2C9H7.2C7H8N.2C2H6Si.2ClH.2Ti/c2*1-2-5-9-7-3-6-8(9)4-1;2*8-6-7-4-2-1-3-5-7;2*1-3-2;;;;/h2*1-2,4-6H,7H2;2*1-5,8H,6H2;2*1-2H3;2*1H;;/q4*-1;;;;;2*+2/p-2. The quantitative estimate of drug-likeness (QED) is 0.220. The number of benzene rings is 4. The second-order valence-electron chi connectivity index (χ2n) is 9.77. The van der Waals surface area contributed by atoms with Gasteiger partial charge in [-0.2, -0.15) is 11.1 Å². The van der Waals surface area contributed by atoms with Gasteiger partial charge in [0, 0.05) is 0 Å². The van der Waals surface area contributed by atoms with Crippen LogP contribution in [0.2, 0.25) is 26.2 Å². The van der Waals surface area contributed by atoms with E-state index in [0.29, 0.717) is 13.1 Å². The van der Waals surface area contributed by atoms with Gasteiger partial charge in [-0.1, -0.05) is 108 Å². The van der Waals surface area contributed by atoms with E-state index in [9.17, 15) is 0 Å². The minimum Gasteiger partial charge on any atom is -1.00 e. The first-order valence-electron chi connectivity index (χ1n) is 14.0. The van der Waals surface area contributed by atoms with Crippen LogP contribution in [0, 0.1) is 12.2 Å². The Kier molecular flexibility index (Phi) is 29.7. The Morgan fingerprint density at radius 3 is 1.05 bits per heavy atom. The molecule has 2 N–H and O–H groups in total. The molecule has 0 atom stereocenters. The van der Waals surface area contributed by atoms with Crippen LogP contribution in [0.15, 0.2) is 109 Å². The minimum absolute atomic E-state index is 0. The van der Waals surface area contributed by atoms with E-state index in [2.05, 4.69) is 137 Å². The number of hydrogen-bond donors (Lipinski definition) is 0. The number of rotatable bonds is 2. The van der Waals surface area contributed by atoms with Gasteiger partial charge in [0.25, 0.3) is 0 Å². The zero-order chi connectivity index (χ0) is 31.0. The van der Waals surface area contributed by atoms with Crippen molar-refractivity contribution in [2.75, 3.05) is 0 Å². The van der Waals surface area contributed by atoms with Crippen molar-refractivity contribution in [2.24, 2.45) is 0 Å². The molecule has 228 valence electrons. The summed E-state index contributed by atoms with van der Waals surface area (Å²) in [5.41, 5.74) is 21.5. The first-order valence-corrected chi connectivity index (χ1v) is 23.6. The molecule has 0 fully saturated rings. The molecule has 0 aliphatic heterocycles. The van der Waals surface area contributed by atoms with Gasteiger partial charge < -0.3 is 36.3 Å². The Bertz CT molecular complexity index is 1270. The molecule has 44 heavy (non-hydrogen) atoms. The van der Waals surface area contributed by atoms with Crippen LogP contribution < -0.4 is 24.8 Å².